The fraction of sp³-hybridized carbons (Fsp3) is 0.792. The first-order chi connectivity index (χ1) is 16.4. The number of nitrogens with one attached hydrogen (secondary N) is 1. The largest absolute Gasteiger partial charge is 0.475 e. The van der Waals surface area contributed by atoms with Gasteiger partial charge in [-0.3, -0.25) is 9.69 Å². The quantitative estimate of drug-likeness (QED) is 0.259. The Bertz CT molecular complexity index is 900. The summed E-state index contributed by atoms with van der Waals surface area (Å²) in [6.45, 7) is 10.7. The first-order valence-corrected chi connectivity index (χ1v) is 12.3. The minimum atomic E-state index is -2.80. The summed E-state index contributed by atoms with van der Waals surface area (Å²) < 4.78 is 32.8. The molecule has 0 spiro atoms. The lowest BCUT2D eigenvalue weighted by molar-refractivity contribution is -0.131. The molecule has 1 unspecified atom stereocenters. The highest BCUT2D eigenvalue weighted by Gasteiger charge is 2.45. The molecule has 0 aliphatic carbocycles. The van der Waals surface area contributed by atoms with Crippen molar-refractivity contribution >= 4 is 19.1 Å². The van der Waals surface area contributed by atoms with E-state index in [-0.39, 0.29) is 30.6 Å². The van der Waals surface area contributed by atoms with Crippen LogP contribution >= 0.6 is 0 Å². The second-order valence-electron chi connectivity index (χ2n) is 11.9. The van der Waals surface area contributed by atoms with Crippen LogP contribution in [0.15, 0.2) is 11.6 Å². The number of rotatable bonds is 8. The van der Waals surface area contributed by atoms with Crippen LogP contribution < -0.4 is 5.32 Å². The maximum atomic E-state index is 13.7. The molecule has 2 amide bonds. The molecule has 2 fully saturated rings. The second-order valence-corrected chi connectivity index (χ2v) is 11.9. The van der Waals surface area contributed by atoms with Gasteiger partial charge in [-0.25, -0.2) is 13.6 Å². The zero-order valence-corrected chi connectivity index (χ0v) is 22.1. The number of carbonyl (C=O) groups is 2. The van der Waals surface area contributed by atoms with Crippen molar-refractivity contribution in [1.82, 2.24) is 15.1 Å². The van der Waals surface area contributed by atoms with Crippen molar-refractivity contribution in [2.45, 2.75) is 90.2 Å². The third-order valence-corrected chi connectivity index (χ3v) is 6.84. The van der Waals surface area contributed by atoms with Crippen LogP contribution in [0.1, 0.15) is 67.2 Å². The van der Waals surface area contributed by atoms with Gasteiger partial charge in [0, 0.05) is 25.0 Å². The highest BCUT2D eigenvalue weighted by atomic mass is 19.3. The van der Waals surface area contributed by atoms with Crippen LogP contribution in [0.4, 0.5) is 13.6 Å². The van der Waals surface area contributed by atoms with Gasteiger partial charge in [-0.2, -0.15) is 5.26 Å². The number of ether oxygens (including phenoxy) is 1. The molecule has 0 radical (unpaired) electrons. The third kappa shape index (κ3) is 7.89. The number of likely N-dealkylation sites (tertiary alicyclic amines) is 2. The summed E-state index contributed by atoms with van der Waals surface area (Å²) >= 11 is 0. The fourth-order valence-corrected chi connectivity index (χ4v) is 4.78. The van der Waals surface area contributed by atoms with E-state index in [1.54, 1.807) is 25.7 Å². The Morgan fingerprint density at radius 3 is 2.36 bits per heavy atom. The van der Waals surface area contributed by atoms with E-state index in [0.29, 0.717) is 25.8 Å². The lowest BCUT2D eigenvalue weighted by Gasteiger charge is -2.36. The number of nitrogens with zero attached hydrogens (tertiary/aromatic N) is 3. The molecular formula is C24H39BF2N4O5. The molecule has 3 N–H and O–H groups in total. The fourth-order valence-electron chi connectivity index (χ4n) is 4.78. The van der Waals surface area contributed by atoms with E-state index in [0.717, 1.165) is 0 Å². The second kappa shape index (κ2) is 11.0. The van der Waals surface area contributed by atoms with E-state index in [2.05, 4.69) is 5.32 Å². The maximum Gasteiger partial charge on any atom is 0.475 e. The zero-order chi connectivity index (χ0) is 27.5. The van der Waals surface area contributed by atoms with Gasteiger partial charge in [0.05, 0.1) is 18.0 Å². The molecule has 2 heterocycles. The molecule has 2 atom stereocenters. The summed E-state index contributed by atoms with van der Waals surface area (Å²) in [5.74, 6) is -4.28. The van der Waals surface area contributed by atoms with Gasteiger partial charge < -0.3 is 25.0 Å². The number of halogens is 2. The number of hydrogen-bond donors (Lipinski definition) is 3. The first-order valence-electron chi connectivity index (χ1n) is 12.3. The van der Waals surface area contributed by atoms with Crippen molar-refractivity contribution in [3.8, 4) is 6.07 Å². The Morgan fingerprint density at radius 1 is 1.22 bits per heavy atom. The van der Waals surface area contributed by atoms with Crippen LogP contribution in [-0.4, -0.2) is 88.1 Å². The molecule has 0 bridgehead atoms. The number of hydrogen-bond acceptors (Lipinski definition) is 7. The van der Waals surface area contributed by atoms with Crippen LogP contribution in [-0.2, 0) is 9.53 Å². The summed E-state index contributed by atoms with van der Waals surface area (Å²) in [4.78, 5) is 28.8. The van der Waals surface area contributed by atoms with Crippen LogP contribution in [0, 0.1) is 16.7 Å². The minimum absolute atomic E-state index is 0.151. The molecule has 2 rings (SSSR count). The predicted molar refractivity (Wildman–Crippen MR) is 131 cm³/mol. The summed E-state index contributed by atoms with van der Waals surface area (Å²) in [5.41, 5.74) is -2.24. The van der Waals surface area contributed by atoms with Gasteiger partial charge in [0.2, 0.25) is 0 Å². The lowest BCUT2D eigenvalue weighted by atomic mass is 9.71. The van der Waals surface area contributed by atoms with E-state index < -0.39 is 48.6 Å². The Labute approximate surface area is 212 Å². The van der Waals surface area contributed by atoms with Gasteiger partial charge in [0.15, 0.2) is 0 Å². The van der Waals surface area contributed by atoms with Gasteiger partial charge in [0.1, 0.15) is 18.2 Å². The molecule has 2 aliphatic rings. The van der Waals surface area contributed by atoms with Crippen molar-refractivity contribution in [1.29, 1.82) is 5.26 Å². The van der Waals surface area contributed by atoms with Gasteiger partial charge in [-0.05, 0) is 51.5 Å². The molecule has 9 nitrogen and oxygen atoms in total. The predicted octanol–water partition coefficient (Wildman–Crippen LogP) is 2.48. The number of nitriles is 1. The van der Waals surface area contributed by atoms with Crippen LogP contribution in [0.25, 0.3) is 0 Å². The Morgan fingerprint density at radius 2 is 1.86 bits per heavy atom. The van der Waals surface area contributed by atoms with Gasteiger partial charge in [-0.1, -0.05) is 20.8 Å². The van der Waals surface area contributed by atoms with Gasteiger partial charge >= 0.3 is 13.2 Å². The molecule has 2 aliphatic heterocycles. The molecule has 202 valence electrons. The molecule has 12 heteroatoms. The minimum Gasteiger partial charge on any atom is -0.447 e. The average molecular weight is 512 g/mol. The number of amides is 2. The highest BCUT2D eigenvalue weighted by Crippen LogP contribution is 2.34. The molecule has 2 saturated heterocycles. The molecule has 0 saturated carbocycles. The van der Waals surface area contributed by atoms with Gasteiger partial charge in [0.25, 0.3) is 11.8 Å². The standard InChI is InChI=1S/C24H39BF2N4O5/c1-21(2,3)13-18(25(34)35)29-20(33)36-16-23(6)8-7-10-31(23)19(32)17(14-28)12-22(4,5)30-11-9-24(26,27)15-30/h12,18,34-35H,7-11,13,15-16H2,1-6H3,(H,29,33)/t18?,23-/m1/s1. The SMILES string of the molecule is CC(C)(C)CC(NC(=O)OC[C@@]1(C)CCCN1C(=O)C(C#N)=CC(C)(C)N1CCC(F)(F)C1)B(O)O. The summed E-state index contributed by atoms with van der Waals surface area (Å²) in [7, 11) is -1.76. The number of alkyl carbamates (subject to hydrolysis) is 1. The smallest absolute Gasteiger partial charge is 0.447 e. The Kier molecular flexibility index (Phi) is 9.19. The average Bonchev–Trinajstić information content (AvgIpc) is 3.31. The number of carbonyl (C=O) groups excluding carboxylic acids is 2. The highest BCUT2D eigenvalue weighted by molar-refractivity contribution is 6.43. The summed E-state index contributed by atoms with van der Waals surface area (Å²) in [5, 5.41) is 31.4. The molecular weight excluding hydrogens is 473 g/mol. The van der Waals surface area contributed by atoms with Gasteiger partial charge in [-0.15, -0.1) is 0 Å². The van der Waals surface area contributed by atoms with Crippen LogP contribution in [0.5, 0.6) is 0 Å². The topological polar surface area (TPSA) is 126 Å². The molecule has 36 heavy (non-hydrogen) atoms. The third-order valence-electron chi connectivity index (χ3n) is 6.84. The van der Waals surface area contributed by atoms with Crippen molar-refractivity contribution in [2.24, 2.45) is 5.41 Å². The summed E-state index contributed by atoms with van der Waals surface area (Å²) in [6.07, 6.45) is 1.79. The number of alkyl halides is 2. The van der Waals surface area contributed by atoms with E-state index in [9.17, 15) is 33.7 Å². The van der Waals surface area contributed by atoms with Crippen molar-refractivity contribution in [2.75, 3.05) is 26.2 Å². The van der Waals surface area contributed by atoms with E-state index in [4.69, 9.17) is 4.74 Å². The summed E-state index contributed by atoms with van der Waals surface area (Å²) in [6, 6.07) is 1.92. The Hall–Kier alpha value is -2.23. The maximum absolute atomic E-state index is 13.7. The first kappa shape index (κ1) is 30.0. The zero-order valence-electron chi connectivity index (χ0n) is 22.1. The molecule has 0 aromatic rings. The van der Waals surface area contributed by atoms with Crippen molar-refractivity contribution in [3.63, 3.8) is 0 Å². The lowest BCUT2D eigenvalue weighted by Crippen LogP contribution is -2.52. The van der Waals surface area contributed by atoms with E-state index in [1.807, 2.05) is 26.8 Å². The molecule has 0 aromatic carbocycles. The normalized spacial score (nSPS) is 23.8. The Balaban J connectivity index is 2.09. The van der Waals surface area contributed by atoms with Crippen LogP contribution in [0.2, 0.25) is 0 Å². The van der Waals surface area contributed by atoms with E-state index in [1.165, 1.54) is 11.0 Å². The van der Waals surface area contributed by atoms with Crippen LogP contribution in [0.3, 0.4) is 0 Å². The van der Waals surface area contributed by atoms with Crippen molar-refractivity contribution in [3.05, 3.63) is 11.6 Å². The molecule has 0 aromatic heterocycles. The van der Waals surface area contributed by atoms with Crippen molar-refractivity contribution < 1.29 is 33.2 Å². The van der Waals surface area contributed by atoms with E-state index >= 15 is 0 Å². The monoisotopic (exact) mass is 512 g/mol.